The van der Waals surface area contributed by atoms with Crippen LogP contribution in [0.25, 0.3) is 0 Å². The third kappa shape index (κ3) is 14.4. The molecule has 0 amide bonds. The molecule has 0 saturated carbocycles. The van der Waals surface area contributed by atoms with Gasteiger partial charge in [0.05, 0.1) is 0 Å². The fraction of sp³-hybridized carbons (Fsp3) is 0.353. The first-order chi connectivity index (χ1) is 8.76. The molecule has 102 valence electrons. The maximum atomic E-state index is 3.94. The van der Waals surface area contributed by atoms with Gasteiger partial charge in [0.25, 0.3) is 0 Å². The van der Waals surface area contributed by atoms with Crippen molar-refractivity contribution >= 4 is 6.21 Å². The Bertz CT molecular complexity index is 311. The summed E-state index contributed by atoms with van der Waals surface area (Å²) in [6.07, 6.45) is 5.09. The van der Waals surface area contributed by atoms with Gasteiger partial charge in [-0.2, -0.15) is 0 Å². The lowest BCUT2D eigenvalue weighted by atomic mass is 10.1. The Balaban J connectivity index is -0.000000274. The molecule has 1 aromatic rings. The number of rotatable bonds is 2. The lowest BCUT2D eigenvalue weighted by Crippen LogP contribution is -1.83. The van der Waals surface area contributed by atoms with Gasteiger partial charge in [-0.15, -0.1) is 6.58 Å². The molecular weight excluding hydrogens is 218 g/mol. The number of benzene rings is 1. The molecule has 0 saturated heterocycles. The zero-order valence-electron chi connectivity index (χ0n) is 12.9. The molecule has 0 aliphatic rings. The molecule has 0 radical (unpaired) electrons. The van der Waals surface area contributed by atoms with E-state index in [-0.39, 0.29) is 0 Å². The molecule has 0 bridgehead atoms. The lowest BCUT2D eigenvalue weighted by Gasteiger charge is -1.95. The Morgan fingerprint density at radius 2 is 1.44 bits per heavy atom. The molecule has 0 aliphatic heterocycles. The summed E-state index contributed by atoms with van der Waals surface area (Å²) in [7, 11) is 0. The topological polar surface area (TPSA) is 12.4 Å². The maximum absolute atomic E-state index is 3.94. The van der Waals surface area contributed by atoms with Gasteiger partial charge in [0.2, 0.25) is 0 Å². The number of allylic oxidation sites excluding steroid dienone is 1. The van der Waals surface area contributed by atoms with Crippen LogP contribution in [0.1, 0.15) is 45.7 Å². The van der Waals surface area contributed by atoms with Gasteiger partial charge in [0, 0.05) is 12.4 Å². The number of nitrogens with zero attached hydrogens (tertiary/aromatic N) is 1. The van der Waals surface area contributed by atoms with Crippen molar-refractivity contribution < 1.29 is 0 Å². The Hall–Kier alpha value is -1.63. The molecule has 0 atom stereocenters. The minimum atomic E-state index is 1.15. The van der Waals surface area contributed by atoms with E-state index < -0.39 is 0 Å². The second-order valence-electron chi connectivity index (χ2n) is 2.73. The summed E-state index contributed by atoms with van der Waals surface area (Å²) in [6, 6.07) is 8.10. The molecular formula is C17H29N. The predicted molar refractivity (Wildman–Crippen MR) is 87.5 cm³/mol. The van der Waals surface area contributed by atoms with E-state index in [4.69, 9.17) is 0 Å². The summed E-state index contributed by atoms with van der Waals surface area (Å²) >= 11 is 0. The first-order valence-corrected chi connectivity index (χ1v) is 6.53. The van der Waals surface area contributed by atoms with Crippen LogP contribution in [-0.4, -0.2) is 6.21 Å². The molecule has 0 aromatic heterocycles. The predicted octanol–water partition coefficient (Wildman–Crippen LogP) is 5.80. The van der Waals surface area contributed by atoms with Crippen molar-refractivity contribution in [3.05, 3.63) is 60.8 Å². The summed E-state index contributed by atoms with van der Waals surface area (Å²) in [6.45, 7) is 18.8. The van der Waals surface area contributed by atoms with Gasteiger partial charge in [-0.3, -0.25) is 4.99 Å². The number of hydrogen-bond donors (Lipinski definition) is 0. The van der Waals surface area contributed by atoms with Crippen molar-refractivity contribution in [1.29, 1.82) is 0 Å². The van der Waals surface area contributed by atoms with Gasteiger partial charge in [-0.1, -0.05) is 64.6 Å². The molecule has 1 rings (SSSR count). The average molecular weight is 247 g/mol. The average Bonchev–Trinajstić information content (AvgIpc) is 2.43. The van der Waals surface area contributed by atoms with Crippen molar-refractivity contribution in [1.82, 2.24) is 0 Å². The van der Waals surface area contributed by atoms with Gasteiger partial charge in [0.1, 0.15) is 0 Å². The fourth-order valence-corrected chi connectivity index (χ4v) is 0.865. The van der Waals surface area contributed by atoms with Crippen LogP contribution >= 0.6 is 0 Å². The molecule has 0 N–H and O–H groups in total. The van der Waals surface area contributed by atoms with Crippen molar-refractivity contribution in [2.45, 2.75) is 41.5 Å². The Morgan fingerprint density at radius 1 is 1.00 bits per heavy atom. The van der Waals surface area contributed by atoms with Gasteiger partial charge >= 0.3 is 0 Å². The van der Waals surface area contributed by atoms with Gasteiger partial charge in [-0.25, -0.2) is 0 Å². The standard InChI is InChI=1S/C10H11N.C3H6.2C2H6/c1-3-11-8-10-7-5-4-6-9(10)2;1-3-2;2*1-2/h3-8H,1H2,2H3;3H,1H2,2H3;2*1-2H3. The first kappa shape index (κ1) is 21.6. The van der Waals surface area contributed by atoms with E-state index in [1.165, 1.54) is 11.8 Å². The second-order valence-corrected chi connectivity index (χ2v) is 2.73. The summed E-state index contributed by atoms with van der Waals surface area (Å²) < 4.78 is 0. The molecule has 0 spiro atoms. The molecule has 18 heavy (non-hydrogen) atoms. The number of aliphatic imine (C=N–C) groups is 1. The third-order valence-corrected chi connectivity index (χ3v) is 1.51. The molecule has 0 heterocycles. The van der Waals surface area contributed by atoms with Crippen LogP contribution in [0.3, 0.4) is 0 Å². The second kappa shape index (κ2) is 20.7. The van der Waals surface area contributed by atoms with Crippen molar-refractivity contribution in [3.8, 4) is 0 Å². The molecule has 1 aromatic carbocycles. The van der Waals surface area contributed by atoms with Gasteiger partial charge in [0.15, 0.2) is 0 Å². The minimum absolute atomic E-state index is 1.15. The molecule has 1 heteroatoms. The number of hydrogen-bond acceptors (Lipinski definition) is 1. The van der Waals surface area contributed by atoms with Crippen LogP contribution in [0.4, 0.5) is 0 Å². The van der Waals surface area contributed by atoms with Crippen LogP contribution in [0, 0.1) is 6.92 Å². The van der Waals surface area contributed by atoms with Crippen LogP contribution in [0.2, 0.25) is 0 Å². The SMILES string of the molecule is C=CC.C=CN=Cc1ccccc1C.CC.CC. The maximum Gasteiger partial charge on any atom is 0.0342 e. The largest absolute Gasteiger partial charge is 0.265 e. The molecule has 0 unspecified atom stereocenters. The zero-order chi connectivity index (χ0) is 14.8. The van der Waals surface area contributed by atoms with Crippen LogP contribution in [0.15, 0.2) is 54.7 Å². The van der Waals surface area contributed by atoms with E-state index in [0.717, 1.165) is 5.56 Å². The Morgan fingerprint density at radius 3 is 1.83 bits per heavy atom. The number of aryl methyl sites for hydroxylation is 1. The summed E-state index contributed by atoms with van der Waals surface area (Å²) in [5.41, 5.74) is 2.38. The van der Waals surface area contributed by atoms with Gasteiger partial charge in [-0.05, 0) is 25.0 Å². The molecule has 1 nitrogen and oxygen atoms in total. The highest BCUT2D eigenvalue weighted by molar-refractivity contribution is 5.81. The van der Waals surface area contributed by atoms with Crippen molar-refractivity contribution in [2.75, 3.05) is 0 Å². The molecule has 0 aliphatic carbocycles. The minimum Gasteiger partial charge on any atom is -0.265 e. The highest BCUT2D eigenvalue weighted by Crippen LogP contribution is 2.03. The summed E-state index contributed by atoms with van der Waals surface area (Å²) in [5, 5.41) is 0. The first-order valence-electron chi connectivity index (χ1n) is 6.53. The molecule has 0 fully saturated rings. The van der Waals surface area contributed by atoms with Crippen molar-refractivity contribution in [2.24, 2.45) is 4.99 Å². The van der Waals surface area contributed by atoms with E-state index in [2.05, 4.69) is 31.1 Å². The zero-order valence-corrected chi connectivity index (χ0v) is 12.9. The summed E-state index contributed by atoms with van der Waals surface area (Å²) in [4.78, 5) is 3.94. The third-order valence-electron chi connectivity index (χ3n) is 1.51. The Kier molecular flexibility index (Phi) is 24.9. The normalized spacial score (nSPS) is 7.67. The van der Waals surface area contributed by atoms with Crippen LogP contribution in [-0.2, 0) is 0 Å². The van der Waals surface area contributed by atoms with E-state index in [9.17, 15) is 0 Å². The van der Waals surface area contributed by atoms with E-state index in [0.29, 0.717) is 0 Å². The van der Waals surface area contributed by atoms with Crippen molar-refractivity contribution in [3.63, 3.8) is 0 Å². The smallest absolute Gasteiger partial charge is 0.0342 e. The van der Waals surface area contributed by atoms with Gasteiger partial charge < -0.3 is 0 Å². The Labute approximate surface area is 114 Å². The fourth-order valence-electron chi connectivity index (χ4n) is 0.865. The lowest BCUT2D eigenvalue weighted by molar-refractivity contribution is 1.44. The quantitative estimate of drug-likeness (QED) is 0.462. The van der Waals surface area contributed by atoms with Crippen LogP contribution in [0.5, 0.6) is 0 Å². The highest BCUT2D eigenvalue weighted by Gasteiger charge is 1.89. The van der Waals surface area contributed by atoms with E-state index in [1.54, 1.807) is 6.08 Å². The van der Waals surface area contributed by atoms with Crippen LogP contribution < -0.4 is 0 Å². The summed E-state index contributed by atoms with van der Waals surface area (Å²) in [5.74, 6) is 0. The monoisotopic (exact) mass is 247 g/mol. The van der Waals surface area contributed by atoms with E-state index >= 15 is 0 Å². The highest BCUT2D eigenvalue weighted by atomic mass is 14.7. The van der Waals surface area contributed by atoms with E-state index in [1.807, 2.05) is 59.0 Å².